The molecule has 0 fully saturated rings. The average molecular weight is 698 g/mol. The maximum absolute atomic E-state index is 2.50. The molecule has 1 aromatic heterocycles. The molecule has 2 aliphatic rings. The van der Waals surface area contributed by atoms with Crippen molar-refractivity contribution in [2.24, 2.45) is 0 Å². The van der Waals surface area contributed by atoms with Crippen molar-refractivity contribution >= 4 is 32.6 Å². The third-order valence-electron chi connectivity index (χ3n) is 12.3. The van der Waals surface area contributed by atoms with E-state index in [1.54, 1.807) is 0 Å². The van der Waals surface area contributed by atoms with Crippen LogP contribution in [0.15, 0.2) is 194 Å². The highest BCUT2D eigenvalue weighted by atomic mass is 15.0. The summed E-state index contributed by atoms with van der Waals surface area (Å²) in [7, 11) is 0. The van der Waals surface area contributed by atoms with E-state index in [0.29, 0.717) is 0 Å². The van der Waals surface area contributed by atoms with E-state index in [2.05, 4.69) is 199 Å². The molecule has 0 saturated carbocycles. The van der Waals surface area contributed by atoms with Crippen molar-refractivity contribution in [2.45, 2.75) is 12.3 Å². The molecule has 0 spiro atoms. The first-order valence-corrected chi connectivity index (χ1v) is 19.3. The summed E-state index contributed by atoms with van der Waals surface area (Å²) in [4.78, 5) is 0. The topological polar surface area (TPSA) is 4.93 Å². The second-order valence-corrected chi connectivity index (χ2v) is 15.2. The Morgan fingerprint density at radius 1 is 0.364 bits per heavy atom. The van der Waals surface area contributed by atoms with Crippen LogP contribution in [0.4, 0.5) is 0 Å². The highest BCUT2D eigenvalue weighted by Crippen LogP contribution is 2.50. The van der Waals surface area contributed by atoms with Gasteiger partial charge in [-0.05, 0) is 108 Å². The second kappa shape index (κ2) is 11.8. The summed E-state index contributed by atoms with van der Waals surface area (Å²) in [6, 6.07) is 72.4. The van der Waals surface area contributed by atoms with Gasteiger partial charge in [0.05, 0.1) is 16.7 Å². The van der Waals surface area contributed by atoms with Crippen LogP contribution in [0.1, 0.15) is 33.7 Å². The summed E-state index contributed by atoms with van der Waals surface area (Å²) < 4.78 is 2.50. The van der Waals surface area contributed by atoms with Crippen LogP contribution in [0.5, 0.6) is 0 Å². The Bertz CT molecular complexity index is 3180. The molecule has 0 amide bonds. The van der Waals surface area contributed by atoms with Crippen LogP contribution in [-0.4, -0.2) is 4.57 Å². The lowest BCUT2D eigenvalue weighted by molar-refractivity contribution is 1.02. The Labute approximate surface area is 320 Å². The fourth-order valence-electron chi connectivity index (χ4n) is 9.94. The molecule has 256 valence electrons. The monoisotopic (exact) mass is 697 g/mol. The van der Waals surface area contributed by atoms with E-state index in [9.17, 15) is 0 Å². The van der Waals surface area contributed by atoms with Gasteiger partial charge in [-0.3, -0.25) is 0 Å². The largest absolute Gasteiger partial charge is 0.309 e. The highest BCUT2D eigenvalue weighted by Gasteiger charge is 2.30. The molecule has 10 aromatic rings. The van der Waals surface area contributed by atoms with Crippen molar-refractivity contribution in [2.75, 3.05) is 0 Å². The van der Waals surface area contributed by atoms with Crippen molar-refractivity contribution in [1.29, 1.82) is 0 Å². The fourth-order valence-corrected chi connectivity index (χ4v) is 9.94. The Hall–Kier alpha value is -6.96. The summed E-state index contributed by atoms with van der Waals surface area (Å²) in [6.07, 6.45) is 0.989. The minimum absolute atomic E-state index is 0.215. The number of hydrogen-bond acceptors (Lipinski definition) is 0. The molecule has 2 aliphatic carbocycles. The van der Waals surface area contributed by atoms with E-state index >= 15 is 0 Å². The Kier molecular flexibility index (Phi) is 6.53. The predicted octanol–water partition coefficient (Wildman–Crippen LogP) is 14.0. The van der Waals surface area contributed by atoms with E-state index < -0.39 is 0 Å². The summed E-state index contributed by atoms with van der Waals surface area (Å²) in [6.45, 7) is 0. The summed E-state index contributed by atoms with van der Waals surface area (Å²) >= 11 is 0. The molecule has 0 saturated heterocycles. The fraction of sp³-hybridized carbons (Fsp3) is 0.0370. The van der Waals surface area contributed by atoms with E-state index in [4.69, 9.17) is 0 Å². The van der Waals surface area contributed by atoms with Crippen molar-refractivity contribution in [1.82, 2.24) is 4.57 Å². The van der Waals surface area contributed by atoms with Crippen molar-refractivity contribution in [3.8, 4) is 50.2 Å². The molecule has 55 heavy (non-hydrogen) atoms. The zero-order valence-electron chi connectivity index (χ0n) is 30.2. The van der Waals surface area contributed by atoms with Gasteiger partial charge >= 0.3 is 0 Å². The molecule has 1 heteroatoms. The van der Waals surface area contributed by atoms with Crippen LogP contribution in [0.2, 0.25) is 0 Å². The van der Waals surface area contributed by atoms with E-state index in [1.807, 2.05) is 0 Å². The van der Waals surface area contributed by atoms with Gasteiger partial charge in [-0.1, -0.05) is 170 Å². The first kappa shape index (κ1) is 30.5. The van der Waals surface area contributed by atoms with Crippen LogP contribution >= 0.6 is 0 Å². The average Bonchev–Trinajstić information content (AvgIpc) is 3.91. The Morgan fingerprint density at radius 3 is 1.95 bits per heavy atom. The van der Waals surface area contributed by atoms with Gasteiger partial charge in [0.25, 0.3) is 0 Å². The quantitative estimate of drug-likeness (QED) is 0.173. The smallest absolute Gasteiger partial charge is 0.0547 e. The van der Waals surface area contributed by atoms with Crippen molar-refractivity contribution in [3.05, 3.63) is 222 Å². The number of fused-ring (bicyclic) bond motifs is 10. The van der Waals surface area contributed by atoms with E-state index in [1.165, 1.54) is 111 Å². The molecule has 1 heterocycles. The SMILES string of the molecule is c1ccc(C2c3ccccc3-c3ccc(-c4ccc5c6ccccc6n(-c6cccc7c(-c8cccc9c8-c8ccccc8C9)cccc67)c5c4)cc32)cc1. The first-order valence-electron chi connectivity index (χ1n) is 19.3. The zero-order valence-corrected chi connectivity index (χ0v) is 30.2. The van der Waals surface area contributed by atoms with Gasteiger partial charge < -0.3 is 4.57 Å². The molecule has 1 atom stereocenters. The molecule has 0 N–H and O–H groups in total. The van der Waals surface area contributed by atoms with Crippen LogP contribution in [0, 0.1) is 0 Å². The van der Waals surface area contributed by atoms with Crippen LogP contribution in [0.25, 0.3) is 82.8 Å². The third-order valence-corrected chi connectivity index (χ3v) is 12.3. The molecular weight excluding hydrogens is 663 g/mol. The molecule has 1 nitrogen and oxygen atoms in total. The van der Waals surface area contributed by atoms with Crippen LogP contribution in [0.3, 0.4) is 0 Å². The molecule has 0 bridgehead atoms. The third kappa shape index (κ3) is 4.47. The number of nitrogens with zero attached hydrogens (tertiary/aromatic N) is 1. The molecule has 1 unspecified atom stereocenters. The Morgan fingerprint density at radius 2 is 1.00 bits per heavy atom. The summed E-state index contributed by atoms with van der Waals surface area (Å²) in [5, 5.41) is 5.05. The van der Waals surface area contributed by atoms with Crippen molar-refractivity contribution < 1.29 is 0 Å². The summed E-state index contributed by atoms with van der Waals surface area (Å²) in [5.74, 6) is 0.215. The standard InChI is InChI=1S/C54H35N/c1-2-13-34(14-3-1)53-47-20-7-6-18-41(47)43-29-27-35(32-49(43)53)36-28-30-46-45-19-8-9-25-50(45)55(52(46)33-36)51-26-12-22-40-42(21-11-23-44(40)51)48-24-10-16-38-31-37-15-4-5-17-39(37)54(38)48/h1-30,32-33,53H,31H2. The first-order chi connectivity index (χ1) is 27.3. The Balaban J connectivity index is 1.05. The molecule has 9 aromatic carbocycles. The van der Waals surface area contributed by atoms with Gasteiger partial charge in [-0.25, -0.2) is 0 Å². The highest BCUT2D eigenvalue weighted by molar-refractivity contribution is 6.13. The normalized spacial score (nSPS) is 13.9. The molecular formula is C54H35N. The van der Waals surface area contributed by atoms with E-state index in [0.717, 1.165) is 6.42 Å². The number of hydrogen-bond donors (Lipinski definition) is 0. The van der Waals surface area contributed by atoms with Crippen LogP contribution in [-0.2, 0) is 6.42 Å². The van der Waals surface area contributed by atoms with Gasteiger partial charge in [-0.2, -0.15) is 0 Å². The van der Waals surface area contributed by atoms with Gasteiger partial charge in [0, 0.05) is 22.1 Å². The maximum Gasteiger partial charge on any atom is 0.0547 e. The lowest BCUT2D eigenvalue weighted by Crippen LogP contribution is -1.99. The second-order valence-electron chi connectivity index (χ2n) is 15.2. The lowest BCUT2D eigenvalue weighted by Gasteiger charge is -2.17. The van der Waals surface area contributed by atoms with Gasteiger partial charge in [-0.15, -0.1) is 0 Å². The lowest BCUT2D eigenvalue weighted by atomic mass is 9.88. The predicted molar refractivity (Wildman–Crippen MR) is 230 cm³/mol. The van der Waals surface area contributed by atoms with Crippen LogP contribution < -0.4 is 0 Å². The number of para-hydroxylation sites is 1. The van der Waals surface area contributed by atoms with E-state index in [-0.39, 0.29) is 5.92 Å². The zero-order chi connectivity index (χ0) is 36.0. The minimum Gasteiger partial charge on any atom is -0.309 e. The van der Waals surface area contributed by atoms with Gasteiger partial charge in [0.15, 0.2) is 0 Å². The maximum atomic E-state index is 2.50. The molecule has 0 radical (unpaired) electrons. The molecule has 0 aliphatic heterocycles. The van der Waals surface area contributed by atoms with Gasteiger partial charge in [0.2, 0.25) is 0 Å². The molecule has 12 rings (SSSR count). The number of rotatable bonds is 4. The number of aromatic nitrogens is 1. The minimum atomic E-state index is 0.215. The van der Waals surface area contributed by atoms with Crippen molar-refractivity contribution in [3.63, 3.8) is 0 Å². The van der Waals surface area contributed by atoms with Gasteiger partial charge in [0.1, 0.15) is 0 Å². The number of benzene rings is 9. The summed E-state index contributed by atoms with van der Waals surface area (Å²) in [5.41, 5.74) is 21.0.